The number of aromatic nitrogens is 1. The van der Waals surface area contributed by atoms with E-state index in [2.05, 4.69) is 4.98 Å². The van der Waals surface area contributed by atoms with E-state index >= 15 is 0 Å². The van der Waals surface area contributed by atoms with Gasteiger partial charge < -0.3 is 0 Å². The smallest absolute Gasteiger partial charge is 0.136 e. The minimum atomic E-state index is -0.580. The predicted octanol–water partition coefficient (Wildman–Crippen LogP) is 4.26. The summed E-state index contributed by atoms with van der Waals surface area (Å²) in [5, 5.41) is 2.46. The molecule has 0 bridgehead atoms. The van der Waals surface area contributed by atoms with Crippen LogP contribution in [0.4, 0.5) is 8.78 Å². The summed E-state index contributed by atoms with van der Waals surface area (Å²) < 4.78 is 26.3. The van der Waals surface area contributed by atoms with Gasteiger partial charge in [-0.05, 0) is 25.0 Å². The molecule has 0 aliphatic heterocycles. The molecule has 0 saturated carbocycles. The van der Waals surface area contributed by atoms with Crippen LogP contribution in [0.15, 0.2) is 23.6 Å². The average Bonchev–Trinajstić information content (AvgIpc) is 2.75. The summed E-state index contributed by atoms with van der Waals surface area (Å²) in [5.41, 5.74) is 1.24. The van der Waals surface area contributed by atoms with Gasteiger partial charge in [-0.3, -0.25) is 0 Å². The van der Waals surface area contributed by atoms with Gasteiger partial charge in [0.1, 0.15) is 16.6 Å². The van der Waals surface area contributed by atoms with Crippen molar-refractivity contribution < 1.29 is 8.78 Å². The van der Waals surface area contributed by atoms with Gasteiger partial charge in [-0.15, -0.1) is 22.9 Å². The molecule has 90 valence electrons. The minimum Gasteiger partial charge on any atom is -0.241 e. The second-order valence-electron chi connectivity index (χ2n) is 3.56. The molecule has 0 spiro atoms. The zero-order chi connectivity index (χ0) is 12.3. The maximum atomic E-state index is 13.5. The number of hydrogen-bond donors (Lipinski definition) is 0. The van der Waals surface area contributed by atoms with Gasteiger partial charge in [0.2, 0.25) is 0 Å². The number of benzene rings is 1. The van der Waals surface area contributed by atoms with Gasteiger partial charge >= 0.3 is 0 Å². The highest BCUT2D eigenvalue weighted by atomic mass is 35.5. The van der Waals surface area contributed by atoms with Crippen molar-refractivity contribution in [2.24, 2.45) is 0 Å². The summed E-state index contributed by atoms with van der Waals surface area (Å²) in [6.45, 7) is 0. The van der Waals surface area contributed by atoms with Crippen molar-refractivity contribution in [3.63, 3.8) is 0 Å². The number of thiazole rings is 1. The minimum absolute atomic E-state index is 0.341. The van der Waals surface area contributed by atoms with Gasteiger partial charge in [0.15, 0.2) is 0 Å². The first-order valence-corrected chi connectivity index (χ1v) is 6.58. The first kappa shape index (κ1) is 12.5. The zero-order valence-electron chi connectivity index (χ0n) is 8.92. The Morgan fingerprint density at radius 1 is 1.29 bits per heavy atom. The summed E-state index contributed by atoms with van der Waals surface area (Å²) >= 11 is 6.95. The maximum absolute atomic E-state index is 13.5. The molecule has 2 aromatic rings. The van der Waals surface area contributed by atoms with Crippen LogP contribution in [-0.4, -0.2) is 10.9 Å². The lowest BCUT2D eigenvalue weighted by Crippen LogP contribution is -1.88. The van der Waals surface area contributed by atoms with E-state index in [1.165, 1.54) is 23.5 Å². The third kappa shape index (κ3) is 3.01. The lowest BCUT2D eigenvalue weighted by Gasteiger charge is -1.98. The molecule has 1 heterocycles. The SMILES string of the molecule is Fc1ccc(-c2nc(CCCCl)cs2)c(F)c1. The van der Waals surface area contributed by atoms with Crippen LogP contribution in [0.5, 0.6) is 0 Å². The molecular weight excluding hydrogens is 264 g/mol. The molecule has 0 radical (unpaired) electrons. The largest absolute Gasteiger partial charge is 0.241 e. The van der Waals surface area contributed by atoms with Gasteiger partial charge in [-0.1, -0.05) is 0 Å². The van der Waals surface area contributed by atoms with Crippen LogP contribution in [-0.2, 0) is 6.42 Å². The molecule has 2 rings (SSSR count). The number of nitrogens with zero attached hydrogens (tertiary/aromatic N) is 1. The number of aryl methyl sites for hydroxylation is 1. The Hall–Kier alpha value is -1.00. The van der Waals surface area contributed by atoms with Crippen LogP contribution in [0.1, 0.15) is 12.1 Å². The fourth-order valence-electron chi connectivity index (χ4n) is 1.46. The number of alkyl halides is 1. The molecule has 1 aromatic carbocycles. The van der Waals surface area contributed by atoms with Crippen molar-refractivity contribution in [2.75, 3.05) is 5.88 Å². The van der Waals surface area contributed by atoms with Gasteiger partial charge in [0.25, 0.3) is 0 Å². The Morgan fingerprint density at radius 3 is 2.82 bits per heavy atom. The van der Waals surface area contributed by atoms with E-state index in [9.17, 15) is 8.78 Å². The van der Waals surface area contributed by atoms with E-state index in [1.807, 2.05) is 5.38 Å². The Balaban J connectivity index is 2.24. The summed E-state index contributed by atoms with van der Waals surface area (Å²) in [5.74, 6) is -0.578. The molecule has 0 saturated heterocycles. The topological polar surface area (TPSA) is 12.9 Å². The van der Waals surface area contributed by atoms with Crippen molar-refractivity contribution in [3.05, 3.63) is 40.9 Å². The van der Waals surface area contributed by atoms with E-state index in [1.54, 1.807) is 0 Å². The van der Waals surface area contributed by atoms with Crippen molar-refractivity contribution >= 4 is 22.9 Å². The highest BCUT2D eigenvalue weighted by Gasteiger charge is 2.10. The average molecular weight is 274 g/mol. The summed E-state index contributed by atoms with van der Waals surface area (Å²) in [6.07, 6.45) is 1.62. The zero-order valence-corrected chi connectivity index (χ0v) is 10.5. The van der Waals surface area contributed by atoms with Gasteiger partial charge in [-0.25, -0.2) is 13.8 Å². The standard InChI is InChI=1S/C12H10ClF2NS/c13-5-1-2-9-7-17-12(16-9)10-4-3-8(14)6-11(10)15/h3-4,6-7H,1-2,5H2. The Kier molecular flexibility index (Phi) is 4.07. The molecule has 0 N–H and O–H groups in total. The van der Waals surface area contributed by atoms with Gasteiger partial charge in [0.05, 0.1) is 5.69 Å². The molecule has 0 aliphatic rings. The van der Waals surface area contributed by atoms with E-state index in [0.717, 1.165) is 24.6 Å². The number of rotatable bonds is 4. The summed E-state index contributed by atoms with van der Waals surface area (Å²) in [4.78, 5) is 4.31. The summed E-state index contributed by atoms with van der Waals surface area (Å²) in [7, 11) is 0. The second kappa shape index (κ2) is 5.56. The Bertz CT molecular complexity index is 513. The molecule has 1 nitrogen and oxygen atoms in total. The lowest BCUT2D eigenvalue weighted by atomic mass is 10.2. The highest BCUT2D eigenvalue weighted by Crippen LogP contribution is 2.27. The third-order valence-electron chi connectivity index (χ3n) is 2.28. The maximum Gasteiger partial charge on any atom is 0.136 e. The molecule has 0 fully saturated rings. The fourth-order valence-corrected chi connectivity index (χ4v) is 2.47. The normalized spacial score (nSPS) is 10.8. The second-order valence-corrected chi connectivity index (χ2v) is 4.80. The van der Waals surface area contributed by atoms with E-state index in [0.29, 0.717) is 16.5 Å². The predicted molar refractivity (Wildman–Crippen MR) is 66.5 cm³/mol. The van der Waals surface area contributed by atoms with Crippen LogP contribution in [0.3, 0.4) is 0 Å². The van der Waals surface area contributed by atoms with Gasteiger partial charge in [0, 0.05) is 22.9 Å². The van der Waals surface area contributed by atoms with Crippen molar-refractivity contribution in [3.8, 4) is 10.6 Å². The molecule has 1 aromatic heterocycles. The Morgan fingerprint density at radius 2 is 2.12 bits per heavy atom. The monoisotopic (exact) mass is 273 g/mol. The summed E-state index contributed by atoms with van der Waals surface area (Å²) in [6, 6.07) is 3.52. The molecule has 0 amide bonds. The molecule has 0 atom stereocenters. The molecule has 0 unspecified atom stereocenters. The van der Waals surface area contributed by atoms with E-state index in [-0.39, 0.29) is 0 Å². The van der Waals surface area contributed by atoms with Crippen LogP contribution in [0, 0.1) is 11.6 Å². The fraction of sp³-hybridized carbons (Fsp3) is 0.250. The molecule has 5 heteroatoms. The van der Waals surface area contributed by atoms with Crippen LogP contribution in [0.2, 0.25) is 0 Å². The highest BCUT2D eigenvalue weighted by molar-refractivity contribution is 7.13. The van der Waals surface area contributed by atoms with Crippen molar-refractivity contribution in [2.45, 2.75) is 12.8 Å². The van der Waals surface area contributed by atoms with Gasteiger partial charge in [-0.2, -0.15) is 0 Å². The quantitative estimate of drug-likeness (QED) is 0.759. The lowest BCUT2D eigenvalue weighted by molar-refractivity contribution is 0.585. The first-order chi connectivity index (χ1) is 8.20. The number of halogens is 3. The van der Waals surface area contributed by atoms with E-state index in [4.69, 9.17) is 11.6 Å². The van der Waals surface area contributed by atoms with Crippen molar-refractivity contribution in [1.29, 1.82) is 0 Å². The molecule has 17 heavy (non-hydrogen) atoms. The third-order valence-corrected chi connectivity index (χ3v) is 3.47. The molecule has 0 aliphatic carbocycles. The van der Waals surface area contributed by atoms with Crippen molar-refractivity contribution in [1.82, 2.24) is 4.98 Å². The Labute approximate surface area is 107 Å². The number of hydrogen-bond acceptors (Lipinski definition) is 2. The van der Waals surface area contributed by atoms with Crippen LogP contribution in [0.25, 0.3) is 10.6 Å². The van der Waals surface area contributed by atoms with E-state index < -0.39 is 11.6 Å². The first-order valence-electron chi connectivity index (χ1n) is 5.16. The molecular formula is C12H10ClF2NS. The van der Waals surface area contributed by atoms with Crippen LogP contribution >= 0.6 is 22.9 Å². The van der Waals surface area contributed by atoms with Crippen LogP contribution < -0.4 is 0 Å².